The first kappa shape index (κ1) is 17.1. The number of aryl methyl sites for hydroxylation is 1. The van der Waals surface area contributed by atoms with Gasteiger partial charge in [-0.1, -0.05) is 35.9 Å². The Balaban J connectivity index is 1.33. The highest BCUT2D eigenvalue weighted by Gasteiger charge is 2.03. The van der Waals surface area contributed by atoms with Crippen LogP contribution in [0.4, 0.5) is 0 Å². The number of nitrogens with one attached hydrogen (secondary N) is 1. The van der Waals surface area contributed by atoms with E-state index >= 15 is 0 Å². The van der Waals surface area contributed by atoms with Gasteiger partial charge in [-0.3, -0.25) is 4.79 Å². The Kier molecular flexibility index (Phi) is 5.73. The molecule has 4 heteroatoms. The van der Waals surface area contributed by atoms with Gasteiger partial charge in [-0.2, -0.15) is 0 Å². The van der Waals surface area contributed by atoms with Crippen molar-refractivity contribution in [3.8, 4) is 5.75 Å². The van der Waals surface area contributed by atoms with Gasteiger partial charge in [-0.25, -0.2) is 0 Å². The minimum atomic E-state index is 0.0731. The summed E-state index contributed by atoms with van der Waals surface area (Å²) >= 11 is 0. The van der Waals surface area contributed by atoms with Crippen LogP contribution in [-0.2, 0) is 11.3 Å². The van der Waals surface area contributed by atoms with E-state index in [9.17, 15) is 4.79 Å². The molecule has 1 heterocycles. The van der Waals surface area contributed by atoms with Crippen molar-refractivity contribution in [2.45, 2.75) is 26.3 Å². The van der Waals surface area contributed by atoms with Crippen LogP contribution in [0.15, 0.2) is 60.8 Å². The molecule has 0 saturated carbocycles. The van der Waals surface area contributed by atoms with Gasteiger partial charge in [-0.05, 0) is 43.0 Å². The van der Waals surface area contributed by atoms with E-state index < -0.39 is 0 Å². The third-order valence-corrected chi connectivity index (χ3v) is 4.19. The Labute approximate surface area is 148 Å². The third-order valence-electron chi connectivity index (χ3n) is 4.19. The lowest BCUT2D eigenvalue weighted by Gasteiger charge is -2.09. The predicted octanol–water partition coefficient (Wildman–Crippen LogP) is 3.93. The molecule has 0 saturated heterocycles. The molecule has 1 aromatic heterocycles. The standard InChI is InChI=1S/C21H24N2O2/c1-17-8-10-19(11-9-17)25-16-4-7-21(24)22-13-15-23-14-12-18-5-2-3-6-20(18)23/h2-3,5-6,8-12,14H,4,7,13,15-16H2,1H3,(H,22,24). The van der Waals surface area contributed by atoms with Crippen LogP contribution in [0.1, 0.15) is 18.4 Å². The minimum Gasteiger partial charge on any atom is -0.494 e. The van der Waals surface area contributed by atoms with E-state index in [1.807, 2.05) is 43.3 Å². The number of hydrogen-bond donors (Lipinski definition) is 1. The Morgan fingerprint density at radius 1 is 1.08 bits per heavy atom. The SMILES string of the molecule is Cc1ccc(OCCCC(=O)NCCn2ccc3ccccc32)cc1. The zero-order chi connectivity index (χ0) is 17.5. The van der Waals surface area contributed by atoms with Crippen LogP contribution < -0.4 is 10.1 Å². The fourth-order valence-electron chi connectivity index (χ4n) is 2.80. The molecule has 0 fully saturated rings. The number of rotatable bonds is 8. The van der Waals surface area contributed by atoms with Crippen LogP contribution in [0.25, 0.3) is 10.9 Å². The number of para-hydroxylation sites is 1. The molecule has 2 aromatic carbocycles. The van der Waals surface area contributed by atoms with E-state index in [4.69, 9.17) is 4.74 Å². The maximum absolute atomic E-state index is 11.9. The second-order valence-electron chi connectivity index (χ2n) is 6.18. The van der Waals surface area contributed by atoms with E-state index in [1.165, 1.54) is 16.5 Å². The third kappa shape index (κ3) is 4.86. The topological polar surface area (TPSA) is 43.3 Å². The van der Waals surface area contributed by atoms with E-state index in [2.05, 4.69) is 34.3 Å². The number of carbonyl (C=O) groups is 1. The first-order chi connectivity index (χ1) is 12.2. The second kappa shape index (κ2) is 8.38. The molecule has 25 heavy (non-hydrogen) atoms. The molecule has 3 aromatic rings. The molecule has 0 unspecified atom stereocenters. The van der Waals surface area contributed by atoms with Gasteiger partial charge in [0.2, 0.25) is 5.91 Å². The second-order valence-corrected chi connectivity index (χ2v) is 6.18. The number of nitrogens with zero attached hydrogens (tertiary/aromatic N) is 1. The highest BCUT2D eigenvalue weighted by molar-refractivity contribution is 5.80. The minimum absolute atomic E-state index is 0.0731. The average molecular weight is 336 g/mol. The molecule has 1 N–H and O–H groups in total. The fourth-order valence-corrected chi connectivity index (χ4v) is 2.80. The van der Waals surface area contributed by atoms with Crippen molar-refractivity contribution in [1.29, 1.82) is 0 Å². The van der Waals surface area contributed by atoms with Crippen LogP contribution in [0.2, 0.25) is 0 Å². The van der Waals surface area contributed by atoms with Crippen LogP contribution in [-0.4, -0.2) is 23.6 Å². The summed E-state index contributed by atoms with van der Waals surface area (Å²) < 4.78 is 7.80. The molecular weight excluding hydrogens is 312 g/mol. The Hall–Kier alpha value is -2.75. The van der Waals surface area contributed by atoms with Gasteiger partial charge in [0.05, 0.1) is 6.61 Å². The van der Waals surface area contributed by atoms with Crippen molar-refractivity contribution in [3.63, 3.8) is 0 Å². The van der Waals surface area contributed by atoms with E-state index in [1.54, 1.807) is 0 Å². The van der Waals surface area contributed by atoms with Crippen molar-refractivity contribution < 1.29 is 9.53 Å². The van der Waals surface area contributed by atoms with Crippen LogP contribution in [0.3, 0.4) is 0 Å². The molecule has 0 radical (unpaired) electrons. The highest BCUT2D eigenvalue weighted by Crippen LogP contribution is 2.14. The Morgan fingerprint density at radius 3 is 2.72 bits per heavy atom. The highest BCUT2D eigenvalue weighted by atomic mass is 16.5. The first-order valence-electron chi connectivity index (χ1n) is 8.72. The van der Waals surface area contributed by atoms with Crippen LogP contribution in [0, 0.1) is 6.92 Å². The quantitative estimate of drug-likeness (QED) is 0.634. The zero-order valence-electron chi connectivity index (χ0n) is 14.6. The normalized spacial score (nSPS) is 10.8. The fraction of sp³-hybridized carbons (Fsp3) is 0.286. The summed E-state index contributed by atoms with van der Waals surface area (Å²) in [5, 5.41) is 4.20. The lowest BCUT2D eigenvalue weighted by Crippen LogP contribution is -2.27. The Bertz CT molecular complexity index is 821. The van der Waals surface area contributed by atoms with E-state index in [0.717, 1.165) is 12.3 Å². The molecule has 0 atom stereocenters. The number of ether oxygens (including phenoxy) is 1. The molecule has 0 bridgehead atoms. The van der Waals surface area contributed by atoms with Gasteiger partial charge >= 0.3 is 0 Å². The lowest BCUT2D eigenvalue weighted by atomic mass is 10.2. The van der Waals surface area contributed by atoms with Crippen molar-refractivity contribution >= 4 is 16.8 Å². The summed E-state index contributed by atoms with van der Waals surface area (Å²) in [7, 11) is 0. The first-order valence-corrected chi connectivity index (χ1v) is 8.72. The number of carbonyl (C=O) groups excluding carboxylic acids is 1. The van der Waals surface area contributed by atoms with Crippen molar-refractivity contribution in [2.24, 2.45) is 0 Å². The van der Waals surface area contributed by atoms with Crippen molar-refractivity contribution in [1.82, 2.24) is 9.88 Å². The number of fused-ring (bicyclic) bond motifs is 1. The molecule has 130 valence electrons. The number of benzene rings is 2. The zero-order valence-corrected chi connectivity index (χ0v) is 14.6. The van der Waals surface area contributed by atoms with Gasteiger partial charge in [0, 0.05) is 31.2 Å². The van der Waals surface area contributed by atoms with Crippen LogP contribution >= 0.6 is 0 Å². The summed E-state index contributed by atoms with van der Waals surface area (Å²) in [6.07, 6.45) is 3.26. The number of hydrogen-bond acceptors (Lipinski definition) is 2. The van der Waals surface area contributed by atoms with E-state index in [-0.39, 0.29) is 5.91 Å². The van der Waals surface area contributed by atoms with Gasteiger partial charge < -0.3 is 14.6 Å². The van der Waals surface area contributed by atoms with Gasteiger partial charge in [0.25, 0.3) is 0 Å². The maximum atomic E-state index is 11.9. The summed E-state index contributed by atoms with van der Waals surface area (Å²) in [4.78, 5) is 11.9. The van der Waals surface area contributed by atoms with Crippen molar-refractivity contribution in [3.05, 3.63) is 66.4 Å². The Morgan fingerprint density at radius 2 is 1.88 bits per heavy atom. The van der Waals surface area contributed by atoms with E-state index in [0.29, 0.717) is 26.0 Å². The molecule has 1 amide bonds. The maximum Gasteiger partial charge on any atom is 0.220 e. The summed E-state index contributed by atoms with van der Waals surface area (Å²) in [6, 6.07) is 18.3. The van der Waals surface area contributed by atoms with Gasteiger partial charge in [0.15, 0.2) is 0 Å². The summed E-state index contributed by atoms with van der Waals surface area (Å²) in [6.45, 7) is 4.01. The molecule has 0 aliphatic heterocycles. The molecule has 0 aliphatic carbocycles. The average Bonchev–Trinajstić information content (AvgIpc) is 3.04. The predicted molar refractivity (Wildman–Crippen MR) is 101 cm³/mol. The summed E-state index contributed by atoms with van der Waals surface area (Å²) in [5.74, 6) is 0.925. The number of amides is 1. The number of aromatic nitrogens is 1. The van der Waals surface area contributed by atoms with Crippen molar-refractivity contribution in [2.75, 3.05) is 13.2 Å². The smallest absolute Gasteiger partial charge is 0.220 e. The molecule has 3 rings (SSSR count). The lowest BCUT2D eigenvalue weighted by molar-refractivity contribution is -0.121. The molecule has 4 nitrogen and oxygen atoms in total. The molecule has 0 aliphatic rings. The molecular formula is C21H24N2O2. The monoisotopic (exact) mass is 336 g/mol. The largest absolute Gasteiger partial charge is 0.494 e. The summed E-state index contributed by atoms with van der Waals surface area (Å²) in [5.41, 5.74) is 2.41. The van der Waals surface area contributed by atoms with Gasteiger partial charge in [-0.15, -0.1) is 0 Å². The molecule has 0 spiro atoms. The van der Waals surface area contributed by atoms with Gasteiger partial charge in [0.1, 0.15) is 5.75 Å². The van der Waals surface area contributed by atoms with Crippen LogP contribution in [0.5, 0.6) is 5.75 Å².